The van der Waals surface area contributed by atoms with E-state index in [0.717, 1.165) is 25.7 Å². The highest BCUT2D eigenvalue weighted by molar-refractivity contribution is 9.10. The quantitative estimate of drug-likeness (QED) is 0.537. The van der Waals surface area contributed by atoms with Gasteiger partial charge in [0.1, 0.15) is 12.1 Å². The van der Waals surface area contributed by atoms with Crippen molar-refractivity contribution in [3.05, 3.63) is 82.3 Å². The summed E-state index contributed by atoms with van der Waals surface area (Å²) in [4.78, 5) is 39.2. The predicted molar refractivity (Wildman–Crippen MR) is 122 cm³/mol. The Morgan fingerprint density at radius 3 is 2.48 bits per heavy atom. The highest BCUT2D eigenvalue weighted by atomic mass is 79.9. The lowest BCUT2D eigenvalue weighted by Crippen LogP contribution is -2.43. The van der Waals surface area contributed by atoms with Crippen molar-refractivity contribution in [1.29, 1.82) is 0 Å². The van der Waals surface area contributed by atoms with Gasteiger partial charge in [-0.2, -0.15) is 0 Å². The van der Waals surface area contributed by atoms with E-state index in [2.05, 4.69) is 26.6 Å². The summed E-state index contributed by atoms with van der Waals surface area (Å²) in [5.41, 5.74) is 0.420. The molecule has 31 heavy (non-hydrogen) atoms. The molecule has 0 bridgehead atoms. The lowest BCUT2D eigenvalue weighted by atomic mass is 9.92. The summed E-state index contributed by atoms with van der Waals surface area (Å²) in [7, 11) is 0. The highest BCUT2D eigenvalue weighted by Crippen LogP contribution is 2.30. The predicted octanol–water partition coefficient (Wildman–Crippen LogP) is 4.25. The second-order valence-electron chi connectivity index (χ2n) is 7.81. The van der Waals surface area contributed by atoms with Crippen LogP contribution in [-0.4, -0.2) is 29.3 Å². The minimum absolute atomic E-state index is 0.280. The monoisotopic (exact) mass is 479 g/mol. The summed E-state index contributed by atoms with van der Waals surface area (Å²) >= 11 is 3.36. The van der Waals surface area contributed by atoms with Crippen LogP contribution in [0.3, 0.4) is 0 Å². The van der Waals surface area contributed by atoms with Crippen molar-refractivity contribution in [2.75, 3.05) is 6.54 Å². The molecule has 1 heterocycles. The first-order chi connectivity index (χ1) is 14.8. The Balaban J connectivity index is 1.49. The number of carbonyl (C=O) groups is 3. The van der Waals surface area contributed by atoms with Gasteiger partial charge in [0.25, 0.3) is 5.91 Å². The smallest absolute Gasteiger partial charge is 0.325 e. The minimum atomic E-state index is -1.21. The highest BCUT2D eigenvalue weighted by Gasteiger charge is 2.49. The van der Waals surface area contributed by atoms with Crippen LogP contribution in [0.2, 0.25) is 0 Å². The number of rotatable bonds is 5. The maximum Gasteiger partial charge on any atom is 0.325 e. The fraction of sp³-hybridized carbons (Fsp3) is 0.208. The Morgan fingerprint density at radius 2 is 1.74 bits per heavy atom. The topological polar surface area (TPSA) is 78.5 Å². The molecular weight excluding hydrogens is 458 g/mol. The largest absolute Gasteiger partial charge is 0.348 e. The van der Waals surface area contributed by atoms with Gasteiger partial charge in [-0.1, -0.05) is 70.5 Å². The van der Waals surface area contributed by atoms with Gasteiger partial charge >= 0.3 is 6.03 Å². The normalized spacial score (nSPS) is 19.4. The summed E-state index contributed by atoms with van der Waals surface area (Å²) in [6, 6.07) is 20.2. The molecule has 6 nitrogen and oxygen atoms in total. The van der Waals surface area contributed by atoms with Crippen molar-refractivity contribution < 1.29 is 14.4 Å². The van der Waals surface area contributed by atoms with Crippen LogP contribution in [0.15, 0.2) is 71.2 Å². The van der Waals surface area contributed by atoms with Crippen LogP contribution >= 0.6 is 15.9 Å². The fourth-order valence-electron chi connectivity index (χ4n) is 3.96. The van der Waals surface area contributed by atoms with E-state index < -0.39 is 23.4 Å². The van der Waals surface area contributed by atoms with Gasteiger partial charge in [-0.15, -0.1) is 0 Å². The first kappa shape index (κ1) is 21.1. The molecule has 3 aromatic carbocycles. The number of carbonyl (C=O) groups excluding carboxylic acids is 3. The average Bonchev–Trinajstić information content (AvgIpc) is 2.97. The molecule has 2 N–H and O–H groups in total. The van der Waals surface area contributed by atoms with Gasteiger partial charge in [0, 0.05) is 4.47 Å². The fourth-order valence-corrected chi connectivity index (χ4v) is 4.22. The summed E-state index contributed by atoms with van der Waals surface area (Å²) in [5, 5.41) is 7.77. The van der Waals surface area contributed by atoms with E-state index in [9.17, 15) is 14.4 Å². The molecule has 1 aliphatic rings. The summed E-state index contributed by atoms with van der Waals surface area (Å²) in [6.07, 6.45) is 0. The molecule has 0 radical (unpaired) electrons. The Labute approximate surface area is 188 Å². The Bertz CT molecular complexity index is 1170. The second-order valence-corrected chi connectivity index (χ2v) is 8.73. The molecule has 0 spiro atoms. The third kappa shape index (κ3) is 3.93. The van der Waals surface area contributed by atoms with E-state index in [-0.39, 0.29) is 12.6 Å². The second kappa shape index (κ2) is 8.15. The molecule has 4 amide bonds. The number of nitrogens with one attached hydrogen (secondary N) is 2. The van der Waals surface area contributed by atoms with E-state index in [4.69, 9.17) is 0 Å². The van der Waals surface area contributed by atoms with Gasteiger partial charge in [0.2, 0.25) is 5.91 Å². The van der Waals surface area contributed by atoms with Crippen molar-refractivity contribution in [3.63, 3.8) is 0 Å². The van der Waals surface area contributed by atoms with Crippen molar-refractivity contribution in [2.24, 2.45) is 0 Å². The first-order valence-electron chi connectivity index (χ1n) is 9.97. The molecule has 0 aliphatic carbocycles. The molecule has 2 atom stereocenters. The van der Waals surface area contributed by atoms with E-state index >= 15 is 0 Å². The third-order valence-electron chi connectivity index (χ3n) is 5.67. The number of hydrogen-bond donors (Lipinski definition) is 2. The molecule has 0 aromatic heterocycles. The SMILES string of the molecule is C[C@@H](NC(=O)CN1C(=O)N[C@@](C)(c2ccc(Br)cc2)C1=O)c1cccc2ccccc12. The van der Waals surface area contributed by atoms with Crippen LogP contribution in [0.25, 0.3) is 10.8 Å². The number of urea groups is 1. The molecule has 1 fully saturated rings. The summed E-state index contributed by atoms with van der Waals surface area (Å²) in [5.74, 6) is -0.850. The van der Waals surface area contributed by atoms with Crippen molar-refractivity contribution in [3.8, 4) is 0 Å². The third-order valence-corrected chi connectivity index (χ3v) is 6.19. The molecular formula is C24H22BrN3O3. The van der Waals surface area contributed by atoms with E-state index in [1.807, 2.05) is 49.4 Å². The standard InChI is InChI=1S/C24H22BrN3O3/c1-15(19-9-5-7-16-6-3-4-8-20(16)19)26-21(29)14-28-22(30)24(2,27-23(28)31)17-10-12-18(25)13-11-17/h3-13,15H,14H2,1-2H3,(H,26,29)(H,27,31)/t15-,24+/m1/s1. The van der Waals surface area contributed by atoms with Crippen LogP contribution < -0.4 is 10.6 Å². The number of benzene rings is 3. The van der Waals surface area contributed by atoms with Crippen LogP contribution in [0.5, 0.6) is 0 Å². The number of amides is 4. The van der Waals surface area contributed by atoms with Crippen LogP contribution in [-0.2, 0) is 15.1 Å². The van der Waals surface area contributed by atoms with Gasteiger partial charge in [-0.05, 0) is 47.9 Å². The van der Waals surface area contributed by atoms with Gasteiger partial charge in [0.05, 0.1) is 6.04 Å². The zero-order chi connectivity index (χ0) is 22.2. The van der Waals surface area contributed by atoms with Crippen LogP contribution in [0.1, 0.15) is 31.0 Å². The number of fused-ring (bicyclic) bond motifs is 1. The molecule has 0 saturated carbocycles. The van der Waals surface area contributed by atoms with Crippen LogP contribution in [0.4, 0.5) is 4.79 Å². The molecule has 7 heteroatoms. The number of hydrogen-bond acceptors (Lipinski definition) is 3. The zero-order valence-corrected chi connectivity index (χ0v) is 18.8. The van der Waals surface area contributed by atoms with E-state index in [1.54, 1.807) is 31.2 Å². The lowest BCUT2D eigenvalue weighted by Gasteiger charge is -2.22. The average molecular weight is 480 g/mol. The lowest BCUT2D eigenvalue weighted by molar-refractivity contribution is -0.135. The molecule has 4 rings (SSSR count). The van der Waals surface area contributed by atoms with Gasteiger partial charge in [0.15, 0.2) is 0 Å². The van der Waals surface area contributed by atoms with Crippen molar-refractivity contribution >= 4 is 44.5 Å². The van der Waals surface area contributed by atoms with Crippen LogP contribution in [0, 0.1) is 0 Å². The summed E-state index contributed by atoms with van der Waals surface area (Å²) in [6.45, 7) is 3.19. The Kier molecular flexibility index (Phi) is 5.54. The van der Waals surface area contributed by atoms with Gasteiger partial charge in [-0.3, -0.25) is 14.5 Å². The van der Waals surface area contributed by atoms with E-state index in [0.29, 0.717) is 5.56 Å². The molecule has 1 aliphatic heterocycles. The molecule has 0 unspecified atom stereocenters. The first-order valence-corrected chi connectivity index (χ1v) is 10.8. The molecule has 1 saturated heterocycles. The number of imide groups is 1. The van der Waals surface area contributed by atoms with Crippen molar-refractivity contribution in [2.45, 2.75) is 25.4 Å². The van der Waals surface area contributed by atoms with E-state index in [1.165, 1.54) is 0 Å². The maximum atomic E-state index is 13.0. The summed E-state index contributed by atoms with van der Waals surface area (Å²) < 4.78 is 0.871. The Hall–Kier alpha value is -3.19. The zero-order valence-electron chi connectivity index (χ0n) is 17.2. The molecule has 158 valence electrons. The maximum absolute atomic E-state index is 13.0. The molecule has 3 aromatic rings. The van der Waals surface area contributed by atoms with Crippen molar-refractivity contribution in [1.82, 2.24) is 15.5 Å². The Morgan fingerprint density at radius 1 is 1.06 bits per heavy atom. The number of nitrogens with zero attached hydrogens (tertiary/aromatic N) is 1. The minimum Gasteiger partial charge on any atom is -0.348 e. The number of halogens is 1. The van der Waals surface area contributed by atoms with Gasteiger partial charge < -0.3 is 10.6 Å². The van der Waals surface area contributed by atoms with Gasteiger partial charge in [-0.25, -0.2) is 4.79 Å².